The van der Waals surface area contributed by atoms with Crippen molar-refractivity contribution in [1.82, 2.24) is 0 Å². The first-order valence-electron chi connectivity index (χ1n) is 12.2. The molecule has 0 unspecified atom stereocenters. The van der Waals surface area contributed by atoms with E-state index in [4.69, 9.17) is 33.5 Å². The second kappa shape index (κ2) is 14.2. The number of anilines is 1. The number of hydrogen-bond donors (Lipinski definition) is 3. The summed E-state index contributed by atoms with van der Waals surface area (Å²) in [6.07, 6.45) is -2.14. The van der Waals surface area contributed by atoms with Gasteiger partial charge in [0, 0.05) is 18.2 Å². The Morgan fingerprint density at radius 2 is 1.72 bits per heavy atom. The van der Waals surface area contributed by atoms with Crippen molar-refractivity contribution in [3.63, 3.8) is 0 Å². The van der Waals surface area contributed by atoms with Gasteiger partial charge in [-0.2, -0.15) is 12.6 Å². The van der Waals surface area contributed by atoms with Gasteiger partial charge in [0.15, 0.2) is 17.6 Å². The minimum Gasteiger partial charge on any atom is -0.491 e. The van der Waals surface area contributed by atoms with E-state index in [2.05, 4.69) is 17.9 Å². The van der Waals surface area contributed by atoms with Gasteiger partial charge in [0.25, 0.3) is 0 Å². The van der Waals surface area contributed by atoms with Gasteiger partial charge in [-0.25, -0.2) is 4.79 Å². The van der Waals surface area contributed by atoms with Gasteiger partial charge in [-0.1, -0.05) is 30.3 Å². The average molecular weight is 556 g/mol. The van der Waals surface area contributed by atoms with Gasteiger partial charge in [-0.05, 0) is 42.0 Å². The molecular formula is C28H29NO9S. The molecule has 0 aromatic heterocycles. The summed E-state index contributed by atoms with van der Waals surface area (Å²) < 4.78 is 33.5. The highest BCUT2D eigenvalue weighted by molar-refractivity contribution is 7.81. The van der Waals surface area contributed by atoms with Crippen molar-refractivity contribution in [2.45, 2.75) is 18.6 Å². The van der Waals surface area contributed by atoms with Gasteiger partial charge in [-0.3, -0.25) is 10.1 Å². The fourth-order valence-electron chi connectivity index (χ4n) is 3.79. The van der Waals surface area contributed by atoms with E-state index in [0.717, 1.165) is 0 Å². The highest BCUT2D eigenvalue weighted by atomic mass is 32.1. The third-order valence-electron chi connectivity index (χ3n) is 5.58. The highest BCUT2D eigenvalue weighted by Crippen LogP contribution is 2.35. The third-order valence-corrected chi connectivity index (χ3v) is 5.84. The number of carbonyl (C=O) groups excluding carboxylic acids is 2. The molecule has 3 aromatic rings. The Labute approximate surface area is 231 Å². The van der Waals surface area contributed by atoms with Crippen LogP contribution in [0.1, 0.15) is 18.1 Å². The maximum Gasteiger partial charge on any atom is 0.412 e. The summed E-state index contributed by atoms with van der Waals surface area (Å²) in [6.45, 7) is 0.164. The lowest BCUT2D eigenvalue weighted by molar-refractivity contribution is -0.141. The molecular weight excluding hydrogens is 526 g/mol. The number of fused-ring (bicyclic) bond motifs is 1. The van der Waals surface area contributed by atoms with E-state index in [9.17, 15) is 9.59 Å². The predicted octanol–water partition coefficient (Wildman–Crippen LogP) is 4.39. The first kappa shape index (κ1) is 27.9. The molecule has 1 heterocycles. The molecule has 0 aliphatic carbocycles. The van der Waals surface area contributed by atoms with Crippen molar-refractivity contribution < 1.29 is 43.1 Å². The summed E-state index contributed by atoms with van der Waals surface area (Å²) in [6, 6.07) is 21.0. The molecule has 4 rings (SSSR count). The van der Waals surface area contributed by atoms with Crippen molar-refractivity contribution in [1.29, 1.82) is 0 Å². The van der Waals surface area contributed by atoms with Gasteiger partial charge in [0.2, 0.25) is 6.79 Å². The Morgan fingerprint density at radius 3 is 2.46 bits per heavy atom. The average Bonchev–Trinajstić information content (AvgIpc) is 3.43. The van der Waals surface area contributed by atoms with E-state index < -0.39 is 24.3 Å². The minimum atomic E-state index is -0.902. The van der Waals surface area contributed by atoms with Crippen LogP contribution in [0.15, 0.2) is 72.8 Å². The molecule has 0 saturated heterocycles. The molecule has 0 bridgehead atoms. The Balaban J connectivity index is 1.57. The third kappa shape index (κ3) is 8.20. The summed E-state index contributed by atoms with van der Waals surface area (Å²) in [5.41, 5.74) is 1.08. The van der Waals surface area contributed by atoms with Crippen LogP contribution in [0.3, 0.4) is 0 Å². The zero-order chi connectivity index (χ0) is 27.5. The summed E-state index contributed by atoms with van der Waals surface area (Å²) >= 11 is 3.94. The standard InChI is InChI=1S/C28H29NO9S/c30-13-15-33-21-9-6-19(7-10-21)27(38-28(32)29-20-8-11-23-25(16-20)36-18-35-23)24(12-14-34-26(31)17-39)37-22-4-2-1-3-5-22/h1-11,16,24,27,30,39H,12-15,17-18H2,(H,29,32)/t24-,27-/m0/s1. The van der Waals surface area contributed by atoms with Crippen LogP contribution in [0, 0.1) is 0 Å². The first-order chi connectivity index (χ1) is 19.1. The number of carbonyl (C=O) groups is 2. The number of thiol groups is 1. The Morgan fingerprint density at radius 1 is 0.949 bits per heavy atom. The molecule has 206 valence electrons. The number of ether oxygens (including phenoxy) is 6. The van der Waals surface area contributed by atoms with Crippen LogP contribution in [0.2, 0.25) is 0 Å². The molecule has 39 heavy (non-hydrogen) atoms. The fourth-order valence-corrected chi connectivity index (χ4v) is 3.88. The first-order valence-corrected chi connectivity index (χ1v) is 12.9. The Hall–Kier alpha value is -4.09. The summed E-state index contributed by atoms with van der Waals surface area (Å²) in [7, 11) is 0. The SMILES string of the molecule is O=C(CS)OCC[C@H](Oc1ccccc1)[C@@H](OC(=O)Nc1ccc2c(c1)OCO2)c1ccc(OCCO)cc1. The lowest BCUT2D eigenvalue weighted by Crippen LogP contribution is -2.32. The van der Waals surface area contributed by atoms with Crippen molar-refractivity contribution in [2.75, 3.05) is 37.7 Å². The number of para-hydroxylation sites is 1. The van der Waals surface area contributed by atoms with Gasteiger partial charge in [0.1, 0.15) is 24.2 Å². The molecule has 1 amide bonds. The lowest BCUT2D eigenvalue weighted by atomic mass is 10.0. The molecule has 10 nitrogen and oxygen atoms in total. The van der Waals surface area contributed by atoms with Crippen LogP contribution in [-0.2, 0) is 14.3 Å². The largest absolute Gasteiger partial charge is 0.491 e. The maximum atomic E-state index is 13.1. The number of aliphatic hydroxyl groups excluding tert-OH is 1. The summed E-state index contributed by atoms with van der Waals surface area (Å²) in [4.78, 5) is 24.8. The zero-order valence-corrected chi connectivity index (χ0v) is 21.9. The minimum absolute atomic E-state index is 0.0260. The van der Waals surface area contributed by atoms with E-state index in [1.807, 2.05) is 18.2 Å². The Kier molecular flexibility index (Phi) is 10.1. The number of aliphatic hydroxyl groups is 1. The lowest BCUT2D eigenvalue weighted by Gasteiger charge is -2.28. The van der Waals surface area contributed by atoms with E-state index in [-0.39, 0.29) is 38.8 Å². The van der Waals surface area contributed by atoms with Crippen molar-refractivity contribution in [3.8, 4) is 23.0 Å². The molecule has 3 aromatic carbocycles. The number of esters is 1. The van der Waals surface area contributed by atoms with Gasteiger partial charge in [0.05, 0.1) is 19.0 Å². The predicted molar refractivity (Wildman–Crippen MR) is 145 cm³/mol. The number of amides is 1. The molecule has 2 atom stereocenters. The fraction of sp³-hybridized carbons (Fsp3) is 0.286. The molecule has 2 N–H and O–H groups in total. The number of nitrogens with one attached hydrogen (secondary N) is 1. The van der Waals surface area contributed by atoms with Gasteiger partial charge < -0.3 is 33.5 Å². The van der Waals surface area contributed by atoms with Crippen LogP contribution in [0.4, 0.5) is 10.5 Å². The second-order valence-corrected chi connectivity index (χ2v) is 8.61. The zero-order valence-electron chi connectivity index (χ0n) is 21.0. The molecule has 0 fully saturated rings. The summed E-state index contributed by atoms with van der Waals surface area (Å²) in [5, 5.41) is 11.7. The van der Waals surface area contributed by atoms with Crippen molar-refractivity contribution in [2.24, 2.45) is 0 Å². The molecule has 1 aliphatic heterocycles. The Bertz CT molecular complexity index is 1220. The van der Waals surface area contributed by atoms with E-state index in [1.165, 1.54) is 0 Å². The number of rotatable bonds is 13. The van der Waals surface area contributed by atoms with Gasteiger partial charge >= 0.3 is 12.1 Å². The van der Waals surface area contributed by atoms with Crippen LogP contribution >= 0.6 is 12.6 Å². The van der Waals surface area contributed by atoms with Crippen LogP contribution in [-0.4, -0.2) is 55.6 Å². The van der Waals surface area contributed by atoms with Crippen LogP contribution in [0.5, 0.6) is 23.0 Å². The monoisotopic (exact) mass is 555 g/mol. The molecule has 0 radical (unpaired) electrons. The number of benzene rings is 3. The van der Waals surface area contributed by atoms with E-state index in [1.54, 1.807) is 54.6 Å². The van der Waals surface area contributed by atoms with E-state index >= 15 is 0 Å². The normalized spacial score (nSPS) is 13.2. The van der Waals surface area contributed by atoms with Crippen molar-refractivity contribution >= 4 is 30.4 Å². The van der Waals surface area contributed by atoms with E-state index in [0.29, 0.717) is 34.2 Å². The quantitative estimate of drug-likeness (QED) is 0.208. The van der Waals surface area contributed by atoms with Gasteiger partial charge in [-0.15, -0.1) is 0 Å². The highest BCUT2D eigenvalue weighted by Gasteiger charge is 2.30. The molecule has 0 saturated carbocycles. The smallest absolute Gasteiger partial charge is 0.412 e. The molecule has 0 spiro atoms. The number of hydrogen-bond acceptors (Lipinski definition) is 10. The molecule has 1 aliphatic rings. The second-order valence-electron chi connectivity index (χ2n) is 8.30. The summed E-state index contributed by atoms with van der Waals surface area (Å²) in [5.74, 6) is 1.66. The van der Waals surface area contributed by atoms with Crippen LogP contribution in [0.25, 0.3) is 0 Å². The molecule has 11 heteroatoms. The van der Waals surface area contributed by atoms with Crippen LogP contribution < -0.4 is 24.3 Å². The van der Waals surface area contributed by atoms with Crippen molar-refractivity contribution in [3.05, 3.63) is 78.4 Å². The topological polar surface area (TPSA) is 122 Å². The maximum absolute atomic E-state index is 13.1.